The predicted octanol–water partition coefficient (Wildman–Crippen LogP) is 5.37. The van der Waals surface area contributed by atoms with E-state index >= 15 is 8.78 Å². The molecule has 36 heavy (non-hydrogen) atoms. The number of aromatic nitrogens is 2. The van der Waals surface area contributed by atoms with Crippen LogP contribution in [0.15, 0.2) is 42.6 Å². The third-order valence-corrected chi connectivity index (χ3v) is 7.41. The molecule has 1 amide bonds. The highest BCUT2D eigenvalue weighted by Crippen LogP contribution is 2.36. The topological polar surface area (TPSA) is 70.6 Å². The van der Waals surface area contributed by atoms with E-state index in [0.717, 1.165) is 5.56 Å². The number of amides is 1. The van der Waals surface area contributed by atoms with Gasteiger partial charge in [-0.2, -0.15) is 5.26 Å². The van der Waals surface area contributed by atoms with E-state index in [1.807, 2.05) is 42.6 Å². The van der Waals surface area contributed by atoms with Gasteiger partial charge >= 0.3 is 0 Å². The lowest BCUT2D eigenvalue weighted by Crippen LogP contribution is -2.46. The minimum atomic E-state index is -0.731. The number of carbonyl (C=O) groups excluding carboxylic acids is 1. The first-order chi connectivity index (χ1) is 17.4. The van der Waals surface area contributed by atoms with Gasteiger partial charge in [-0.3, -0.25) is 4.79 Å². The maximum absolute atomic E-state index is 15.5. The fourth-order valence-corrected chi connectivity index (χ4v) is 5.39. The van der Waals surface area contributed by atoms with E-state index in [0.29, 0.717) is 59.2 Å². The Morgan fingerprint density at radius 3 is 2.72 bits per heavy atom. The summed E-state index contributed by atoms with van der Waals surface area (Å²) in [4.78, 5) is 19.7. The number of halogens is 2. The number of ether oxygens (including phenoxy) is 1. The Labute approximate surface area is 211 Å². The molecule has 1 saturated heterocycles. The van der Waals surface area contributed by atoms with Gasteiger partial charge in [0, 0.05) is 37.0 Å². The molecule has 6 nitrogen and oxygen atoms in total. The van der Waals surface area contributed by atoms with Crippen LogP contribution >= 0.6 is 11.3 Å². The van der Waals surface area contributed by atoms with Crippen LogP contribution in [0.4, 0.5) is 8.78 Å². The molecule has 1 aliphatic heterocycles. The van der Waals surface area contributed by atoms with E-state index in [2.05, 4.69) is 4.98 Å². The van der Waals surface area contributed by atoms with Crippen LogP contribution in [-0.2, 0) is 16.0 Å². The van der Waals surface area contributed by atoms with E-state index in [1.165, 1.54) is 23.5 Å². The molecule has 0 unspecified atom stereocenters. The number of thiophene rings is 1. The van der Waals surface area contributed by atoms with Crippen LogP contribution in [-0.4, -0.2) is 46.0 Å². The standard InChI is InChI=1S/C27H24F2N4O2S/c1-3-25(34)32-8-9-35-18(15-32)13-22-27(31-24-10-16(2)6-7-33(22)24)26-20(28)11-17(12-21(26)29)23-5-4-19(14-30)36-23/h4-7,10-12,18H,3,8-9,13,15H2,1-2H3/t18-/m0/s1. The van der Waals surface area contributed by atoms with Crippen molar-refractivity contribution in [3.63, 3.8) is 0 Å². The third kappa shape index (κ3) is 4.50. The molecule has 1 fully saturated rings. The first-order valence-corrected chi connectivity index (χ1v) is 12.6. The molecule has 1 aliphatic rings. The van der Waals surface area contributed by atoms with Crippen molar-refractivity contribution in [3.8, 4) is 27.8 Å². The molecule has 0 saturated carbocycles. The highest BCUT2D eigenvalue weighted by molar-refractivity contribution is 7.16. The average Bonchev–Trinajstić information content (AvgIpc) is 3.48. The largest absolute Gasteiger partial charge is 0.374 e. The number of nitriles is 1. The molecule has 0 spiro atoms. The fraction of sp³-hybridized carbons (Fsp3) is 0.296. The van der Waals surface area contributed by atoms with Crippen molar-refractivity contribution in [1.29, 1.82) is 5.26 Å². The third-order valence-electron chi connectivity index (χ3n) is 6.38. The number of nitrogens with zero attached hydrogens (tertiary/aromatic N) is 4. The highest BCUT2D eigenvalue weighted by Gasteiger charge is 2.28. The molecule has 5 rings (SSSR count). The van der Waals surface area contributed by atoms with Gasteiger partial charge in [0.05, 0.1) is 29.7 Å². The van der Waals surface area contributed by atoms with Crippen molar-refractivity contribution >= 4 is 22.9 Å². The Bertz CT molecular complexity index is 1480. The number of fused-ring (bicyclic) bond motifs is 1. The number of imidazole rings is 1. The van der Waals surface area contributed by atoms with Gasteiger partial charge in [0.25, 0.3) is 0 Å². The zero-order valence-electron chi connectivity index (χ0n) is 19.9. The lowest BCUT2D eigenvalue weighted by atomic mass is 10.0. The first-order valence-electron chi connectivity index (χ1n) is 11.7. The maximum Gasteiger partial charge on any atom is 0.222 e. The number of carbonyl (C=O) groups is 1. The van der Waals surface area contributed by atoms with E-state index in [9.17, 15) is 4.79 Å². The smallest absolute Gasteiger partial charge is 0.222 e. The summed E-state index contributed by atoms with van der Waals surface area (Å²) in [5.41, 5.74) is 2.55. The number of hydrogen-bond acceptors (Lipinski definition) is 5. The van der Waals surface area contributed by atoms with Crippen molar-refractivity contribution in [2.75, 3.05) is 19.7 Å². The molecule has 184 valence electrons. The lowest BCUT2D eigenvalue weighted by molar-refractivity contribution is -0.138. The fourth-order valence-electron chi connectivity index (χ4n) is 4.60. The van der Waals surface area contributed by atoms with Crippen molar-refractivity contribution in [3.05, 3.63) is 70.4 Å². The molecule has 1 atom stereocenters. The summed E-state index contributed by atoms with van der Waals surface area (Å²) in [6.07, 6.45) is 2.27. The molecule has 0 N–H and O–H groups in total. The normalized spacial score (nSPS) is 15.9. The molecular formula is C27H24F2N4O2S. The van der Waals surface area contributed by atoms with Crippen molar-refractivity contribution in [1.82, 2.24) is 14.3 Å². The van der Waals surface area contributed by atoms with Crippen molar-refractivity contribution < 1.29 is 18.3 Å². The lowest BCUT2D eigenvalue weighted by Gasteiger charge is -2.33. The van der Waals surface area contributed by atoms with Crippen LogP contribution in [0.1, 0.15) is 29.5 Å². The van der Waals surface area contributed by atoms with Gasteiger partial charge in [0.1, 0.15) is 28.2 Å². The van der Waals surface area contributed by atoms with Crippen molar-refractivity contribution in [2.24, 2.45) is 0 Å². The van der Waals surface area contributed by atoms with Gasteiger partial charge in [-0.25, -0.2) is 13.8 Å². The van der Waals surface area contributed by atoms with Crippen LogP contribution in [0.2, 0.25) is 0 Å². The molecule has 0 aliphatic carbocycles. The Morgan fingerprint density at radius 2 is 2.03 bits per heavy atom. The quantitative estimate of drug-likeness (QED) is 0.365. The number of pyridine rings is 1. The van der Waals surface area contributed by atoms with E-state index < -0.39 is 11.6 Å². The summed E-state index contributed by atoms with van der Waals surface area (Å²) in [5.74, 6) is -1.41. The van der Waals surface area contributed by atoms with Gasteiger partial charge in [0.15, 0.2) is 0 Å². The van der Waals surface area contributed by atoms with Gasteiger partial charge in [-0.1, -0.05) is 6.92 Å². The zero-order chi connectivity index (χ0) is 25.4. The minimum absolute atomic E-state index is 0.0538. The summed E-state index contributed by atoms with van der Waals surface area (Å²) in [7, 11) is 0. The Balaban J connectivity index is 1.58. The van der Waals surface area contributed by atoms with E-state index in [1.54, 1.807) is 17.0 Å². The number of aryl methyl sites for hydroxylation is 1. The molecule has 4 heterocycles. The Hall–Kier alpha value is -3.61. The second-order valence-electron chi connectivity index (χ2n) is 8.82. The first kappa shape index (κ1) is 24.1. The molecular weight excluding hydrogens is 482 g/mol. The average molecular weight is 507 g/mol. The predicted molar refractivity (Wildman–Crippen MR) is 134 cm³/mol. The second-order valence-corrected chi connectivity index (χ2v) is 9.90. The van der Waals surface area contributed by atoms with Gasteiger partial charge in [0.2, 0.25) is 5.91 Å². The number of benzene rings is 1. The maximum atomic E-state index is 15.5. The van der Waals surface area contributed by atoms with Gasteiger partial charge in [-0.15, -0.1) is 11.3 Å². The number of morpholine rings is 1. The van der Waals surface area contributed by atoms with E-state index in [4.69, 9.17) is 10.00 Å². The summed E-state index contributed by atoms with van der Waals surface area (Å²) < 4.78 is 38.8. The van der Waals surface area contributed by atoms with Gasteiger partial charge < -0.3 is 14.0 Å². The molecule has 9 heteroatoms. The van der Waals surface area contributed by atoms with E-state index in [-0.39, 0.29) is 23.3 Å². The van der Waals surface area contributed by atoms with Gasteiger partial charge in [-0.05, 0) is 54.4 Å². The number of rotatable bonds is 5. The molecule has 4 aromatic rings. The SMILES string of the molecule is CCC(=O)N1CCO[C@@H](Cc2c(-c3c(F)cc(-c4ccc(C#N)s4)cc3F)nc3cc(C)ccn23)C1. The molecule has 3 aromatic heterocycles. The van der Waals surface area contributed by atoms with Crippen LogP contribution in [0, 0.1) is 29.9 Å². The second kappa shape index (κ2) is 9.80. The Kier molecular flexibility index (Phi) is 6.56. The molecule has 0 radical (unpaired) electrons. The molecule has 1 aromatic carbocycles. The highest BCUT2D eigenvalue weighted by atomic mass is 32.1. The monoisotopic (exact) mass is 506 g/mol. The Morgan fingerprint density at radius 1 is 1.25 bits per heavy atom. The van der Waals surface area contributed by atoms with Crippen molar-refractivity contribution in [2.45, 2.75) is 32.8 Å². The van der Waals surface area contributed by atoms with Crippen LogP contribution in [0.5, 0.6) is 0 Å². The summed E-state index contributed by atoms with van der Waals surface area (Å²) >= 11 is 1.18. The summed E-state index contributed by atoms with van der Waals surface area (Å²) in [6, 6.07) is 11.7. The van der Waals surface area contributed by atoms with Crippen LogP contribution in [0.25, 0.3) is 27.3 Å². The zero-order valence-corrected chi connectivity index (χ0v) is 20.7. The van der Waals surface area contributed by atoms with Crippen LogP contribution in [0.3, 0.4) is 0 Å². The molecule has 0 bridgehead atoms. The minimum Gasteiger partial charge on any atom is -0.374 e. The summed E-state index contributed by atoms with van der Waals surface area (Å²) in [6.45, 7) is 5.10. The van der Waals surface area contributed by atoms with Crippen LogP contribution < -0.4 is 0 Å². The summed E-state index contributed by atoms with van der Waals surface area (Å²) in [5, 5.41) is 9.08. The number of hydrogen-bond donors (Lipinski definition) is 0.